The van der Waals surface area contributed by atoms with Crippen LogP contribution in [-0.2, 0) is 4.74 Å². The summed E-state index contributed by atoms with van der Waals surface area (Å²) in [5.74, 6) is -0.564. The van der Waals surface area contributed by atoms with Gasteiger partial charge in [-0.1, -0.05) is 12.1 Å². The van der Waals surface area contributed by atoms with Crippen LogP contribution in [0, 0.1) is 19.7 Å². The van der Waals surface area contributed by atoms with Crippen molar-refractivity contribution in [3.63, 3.8) is 0 Å². The molecule has 0 unspecified atom stereocenters. The number of ether oxygens (including phenoxy) is 1. The van der Waals surface area contributed by atoms with Crippen LogP contribution in [0.3, 0.4) is 0 Å². The van der Waals surface area contributed by atoms with Crippen molar-refractivity contribution in [2.24, 2.45) is 0 Å². The molecule has 3 heterocycles. The first-order valence-electron chi connectivity index (χ1n) is 9.03. The van der Waals surface area contributed by atoms with Crippen LogP contribution in [0.25, 0.3) is 5.69 Å². The largest absolute Gasteiger partial charge is 0.377 e. The lowest BCUT2D eigenvalue weighted by atomic mass is 10.0. The zero-order valence-electron chi connectivity index (χ0n) is 15.7. The lowest BCUT2D eigenvalue weighted by Crippen LogP contribution is -2.44. The molecule has 2 aromatic heterocycles. The van der Waals surface area contributed by atoms with E-state index in [9.17, 15) is 9.18 Å². The Kier molecular flexibility index (Phi) is 4.87. The highest BCUT2D eigenvalue weighted by Crippen LogP contribution is 2.32. The molecule has 1 aliphatic rings. The van der Waals surface area contributed by atoms with E-state index in [1.54, 1.807) is 27.8 Å². The van der Waals surface area contributed by atoms with Gasteiger partial charge in [0.15, 0.2) is 0 Å². The zero-order valence-corrected chi connectivity index (χ0v) is 15.7. The standard InChI is InChI=1S/C20H20FN5O2/c1-13-19(14(2)26(24-13)17-6-4-3-5-15(17)21)18-12-28-10-9-25(18)20(27)16-11-22-7-8-23-16/h3-8,11,18H,9-10,12H2,1-2H3/t18-/m0/s1. The smallest absolute Gasteiger partial charge is 0.274 e. The Hall–Kier alpha value is -3.13. The number of hydrogen-bond donors (Lipinski definition) is 0. The van der Waals surface area contributed by atoms with Crippen molar-refractivity contribution in [2.45, 2.75) is 19.9 Å². The van der Waals surface area contributed by atoms with Gasteiger partial charge in [0.2, 0.25) is 0 Å². The monoisotopic (exact) mass is 381 g/mol. The molecule has 1 aromatic carbocycles. The van der Waals surface area contributed by atoms with Crippen molar-refractivity contribution in [3.05, 3.63) is 71.3 Å². The molecule has 1 amide bonds. The average Bonchev–Trinajstić information content (AvgIpc) is 3.02. The number of nitrogens with zero attached hydrogens (tertiary/aromatic N) is 5. The van der Waals surface area contributed by atoms with E-state index < -0.39 is 0 Å². The minimum Gasteiger partial charge on any atom is -0.377 e. The Labute approximate surface area is 161 Å². The predicted molar refractivity (Wildman–Crippen MR) is 99.6 cm³/mol. The number of halogens is 1. The first kappa shape index (κ1) is 18.2. The Morgan fingerprint density at radius 3 is 2.82 bits per heavy atom. The van der Waals surface area contributed by atoms with Gasteiger partial charge >= 0.3 is 0 Å². The average molecular weight is 381 g/mol. The van der Waals surface area contributed by atoms with Gasteiger partial charge in [-0.2, -0.15) is 5.10 Å². The number of aryl methyl sites for hydroxylation is 1. The fourth-order valence-corrected chi connectivity index (χ4v) is 3.64. The molecule has 0 radical (unpaired) electrons. The molecule has 8 heteroatoms. The van der Waals surface area contributed by atoms with E-state index >= 15 is 0 Å². The molecule has 144 valence electrons. The second-order valence-corrected chi connectivity index (χ2v) is 6.63. The summed E-state index contributed by atoms with van der Waals surface area (Å²) in [7, 11) is 0. The van der Waals surface area contributed by atoms with Gasteiger partial charge in [0.25, 0.3) is 5.91 Å². The van der Waals surface area contributed by atoms with E-state index in [1.165, 1.54) is 24.7 Å². The number of para-hydroxylation sites is 1. The van der Waals surface area contributed by atoms with E-state index in [0.717, 1.165) is 17.0 Å². The van der Waals surface area contributed by atoms with Crippen molar-refractivity contribution in [3.8, 4) is 5.69 Å². The number of carbonyl (C=O) groups excluding carboxylic acids is 1. The molecule has 0 bridgehead atoms. The summed E-state index contributed by atoms with van der Waals surface area (Å²) in [5, 5.41) is 4.54. The van der Waals surface area contributed by atoms with Gasteiger partial charge in [-0.05, 0) is 26.0 Å². The fraction of sp³-hybridized carbons (Fsp3) is 0.300. The minimum atomic E-state index is -0.355. The number of aromatic nitrogens is 4. The van der Waals surface area contributed by atoms with Crippen molar-refractivity contribution in [1.82, 2.24) is 24.6 Å². The van der Waals surface area contributed by atoms with Gasteiger partial charge in [-0.3, -0.25) is 9.78 Å². The molecule has 1 aliphatic heterocycles. The molecule has 0 saturated carbocycles. The van der Waals surface area contributed by atoms with Gasteiger partial charge < -0.3 is 9.64 Å². The first-order chi connectivity index (χ1) is 13.6. The van der Waals surface area contributed by atoms with Crippen LogP contribution in [-0.4, -0.2) is 50.3 Å². The Morgan fingerprint density at radius 1 is 1.25 bits per heavy atom. The zero-order chi connectivity index (χ0) is 19.7. The Balaban J connectivity index is 1.75. The molecule has 0 N–H and O–H groups in total. The number of hydrogen-bond acceptors (Lipinski definition) is 5. The van der Waals surface area contributed by atoms with Crippen molar-refractivity contribution < 1.29 is 13.9 Å². The van der Waals surface area contributed by atoms with E-state index in [2.05, 4.69) is 15.1 Å². The van der Waals surface area contributed by atoms with Gasteiger partial charge in [-0.25, -0.2) is 14.1 Å². The van der Waals surface area contributed by atoms with E-state index in [0.29, 0.717) is 25.4 Å². The van der Waals surface area contributed by atoms with Crippen LogP contribution in [0.1, 0.15) is 33.5 Å². The van der Waals surface area contributed by atoms with Gasteiger partial charge in [0.1, 0.15) is 17.2 Å². The summed E-state index contributed by atoms with van der Waals surface area (Å²) in [6, 6.07) is 6.16. The highest BCUT2D eigenvalue weighted by molar-refractivity contribution is 5.92. The Morgan fingerprint density at radius 2 is 2.07 bits per heavy atom. The molecule has 3 aromatic rings. The fourth-order valence-electron chi connectivity index (χ4n) is 3.64. The number of rotatable bonds is 3. The van der Waals surface area contributed by atoms with Crippen LogP contribution < -0.4 is 0 Å². The van der Waals surface area contributed by atoms with Crippen LogP contribution in [0.5, 0.6) is 0 Å². The third-order valence-electron chi connectivity index (χ3n) is 4.93. The van der Waals surface area contributed by atoms with Gasteiger partial charge in [0.05, 0.1) is 31.1 Å². The molecule has 1 saturated heterocycles. The topological polar surface area (TPSA) is 73.1 Å². The van der Waals surface area contributed by atoms with Crippen LogP contribution in [0.15, 0.2) is 42.9 Å². The quantitative estimate of drug-likeness (QED) is 0.697. The van der Waals surface area contributed by atoms with E-state index in [-0.39, 0.29) is 23.5 Å². The highest BCUT2D eigenvalue weighted by atomic mass is 19.1. The van der Waals surface area contributed by atoms with Gasteiger partial charge in [-0.15, -0.1) is 0 Å². The molecule has 4 rings (SSSR count). The normalized spacial score (nSPS) is 17.0. The van der Waals surface area contributed by atoms with E-state index in [1.807, 2.05) is 13.8 Å². The predicted octanol–water partition coefficient (Wildman–Crippen LogP) is 2.63. The lowest BCUT2D eigenvalue weighted by molar-refractivity contribution is -0.00337. The number of benzene rings is 1. The maximum Gasteiger partial charge on any atom is 0.274 e. The number of morpholine rings is 1. The summed E-state index contributed by atoms with van der Waals surface area (Å²) >= 11 is 0. The third-order valence-corrected chi connectivity index (χ3v) is 4.93. The summed E-state index contributed by atoms with van der Waals surface area (Å²) in [6.45, 7) is 4.96. The molecule has 1 fully saturated rings. The first-order valence-corrected chi connectivity index (χ1v) is 9.03. The number of carbonyl (C=O) groups is 1. The Bertz CT molecular complexity index is 1010. The van der Waals surface area contributed by atoms with E-state index in [4.69, 9.17) is 4.74 Å². The highest BCUT2D eigenvalue weighted by Gasteiger charge is 2.34. The third kappa shape index (κ3) is 3.16. The maximum atomic E-state index is 14.3. The van der Waals surface area contributed by atoms with Crippen LogP contribution in [0.4, 0.5) is 4.39 Å². The molecule has 0 aliphatic carbocycles. The maximum absolute atomic E-state index is 14.3. The van der Waals surface area contributed by atoms with Crippen molar-refractivity contribution in [2.75, 3.05) is 19.8 Å². The lowest BCUT2D eigenvalue weighted by Gasteiger charge is -2.35. The molecular formula is C20H20FN5O2. The minimum absolute atomic E-state index is 0.209. The molecule has 28 heavy (non-hydrogen) atoms. The van der Waals surface area contributed by atoms with Gasteiger partial charge in [0, 0.05) is 30.2 Å². The van der Waals surface area contributed by atoms with Crippen molar-refractivity contribution >= 4 is 5.91 Å². The SMILES string of the molecule is Cc1nn(-c2ccccc2F)c(C)c1[C@@H]1COCCN1C(=O)c1cnccn1. The summed E-state index contributed by atoms with van der Waals surface area (Å²) < 4.78 is 21.5. The van der Waals surface area contributed by atoms with Crippen LogP contribution >= 0.6 is 0 Å². The second kappa shape index (κ2) is 7.47. The van der Waals surface area contributed by atoms with Crippen molar-refractivity contribution in [1.29, 1.82) is 0 Å². The second-order valence-electron chi connectivity index (χ2n) is 6.63. The summed E-state index contributed by atoms with van der Waals surface area (Å²) in [4.78, 5) is 22.9. The molecule has 7 nitrogen and oxygen atoms in total. The summed E-state index contributed by atoms with van der Waals surface area (Å²) in [5.41, 5.74) is 3.02. The number of amides is 1. The molecule has 0 spiro atoms. The molecule has 1 atom stereocenters. The van der Waals surface area contributed by atoms with Crippen LogP contribution in [0.2, 0.25) is 0 Å². The summed E-state index contributed by atoms with van der Waals surface area (Å²) in [6.07, 6.45) is 4.48. The molecular weight excluding hydrogens is 361 g/mol.